The first kappa shape index (κ1) is 14.8. The van der Waals surface area contributed by atoms with Gasteiger partial charge < -0.3 is 10.1 Å². The third kappa shape index (κ3) is 4.46. The maximum absolute atomic E-state index is 5.99. The molecule has 1 fully saturated rings. The minimum atomic E-state index is 0.155. The first-order valence-corrected chi connectivity index (χ1v) is 7.24. The van der Waals surface area contributed by atoms with E-state index in [0.717, 1.165) is 44.4 Å². The summed E-state index contributed by atoms with van der Waals surface area (Å²) in [5, 5.41) is 4.32. The van der Waals surface area contributed by atoms with Gasteiger partial charge in [-0.2, -0.15) is 0 Å². The highest BCUT2D eigenvalue weighted by molar-refractivity contribution is 6.30. The van der Waals surface area contributed by atoms with Gasteiger partial charge in [0.2, 0.25) is 0 Å². The zero-order valence-electron chi connectivity index (χ0n) is 11.8. The van der Waals surface area contributed by atoms with Crippen molar-refractivity contribution in [3.8, 4) is 0 Å². The molecule has 0 amide bonds. The van der Waals surface area contributed by atoms with Crippen molar-refractivity contribution >= 4 is 11.6 Å². The normalized spacial score (nSPS) is 17.6. The number of nitrogens with zero attached hydrogens (tertiary/aromatic N) is 1. The van der Waals surface area contributed by atoms with E-state index in [2.05, 4.69) is 30.1 Å². The maximum atomic E-state index is 5.99. The molecule has 1 aromatic rings. The van der Waals surface area contributed by atoms with Crippen LogP contribution in [0.25, 0.3) is 0 Å². The Morgan fingerprint density at radius 1 is 1.32 bits per heavy atom. The third-order valence-electron chi connectivity index (χ3n) is 3.64. The van der Waals surface area contributed by atoms with Gasteiger partial charge in [0, 0.05) is 36.7 Å². The fraction of sp³-hybridized carbons (Fsp3) is 0.600. The van der Waals surface area contributed by atoms with Crippen LogP contribution in [-0.4, -0.2) is 43.3 Å². The van der Waals surface area contributed by atoms with Crippen molar-refractivity contribution in [2.45, 2.75) is 25.9 Å². The average molecular weight is 283 g/mol. The van der Waals surface area contributed by atoms with Crippen LogP contribution >= 0.6 is 11.6 Å². The van der Waals surface area contributed by atoms with Crippen LogP contribution in [0.1, 0.15) is 19.4 Å². The Hall–Kier alpha value is -0.610. The monoisotopic (exact) mass is 282 g/mol. The summed E-state index contributed by atoms with van der Waals surface area (Å²) >= 11 is 5.99. The Kier molecular flexibility index (Phi) is 5.22. The van der Waals surface area contributed by atoms with Gasteiger partial charge >= 0.3 is 0 Å². The largest absolute Gasteiger partial charge is 0.379 e. The molecule has 1 heterocycles. The number of hydrogen-bond donors (Lipinski definition) is 1. The van der Waals surface area contributed by atoms with E-state index in [9.17, 15) is 0 Å². The first-order valence-electron chi connectivity index (χ1n) is 6.86. The molecule has 19 heavy (non-hydrogen) atoms. The average Bonchev–Trinajstić information content (AvgIpc) is 2.40. The molecule has 0 spiro atoms. The van der Waals surface area contributed by atoms with Crippen molar-refractivity contribution in [1.29, 1.82) is 0 Å². The maximum Gasteiger partial charge on any atom is 0.0594 e. The number of nitrogens with one attached hydrogen (secondary N) is 1. The minimum absolute atomic E-state index is 0.155. The standard InChI is InChI=1S/C15H23ClN2O/c1-15(2,18-6-8-19-9-7-18)12-17-11-13-4-3-5-14(16)10-13/h3-5,10,17H,6-9,11-12H2,1-2H3. The van der Waals surface area contributed by atoms with Crippen LogP contribution in [0.15, 0.2) is 24.3 Å². The van der Waals surface area contributed by atoms with Gasteiger partial charge in [0.05, 0.1) is 13.2 Å². The molecule has 0 atom stereocenters. The van der Waals surface area contributed by atoms with Crippen molar-refractivity contribution in [3.63, 3.8) is 0 Å². The molecule has 106 valence electrons. The van der Waals surface area contributed by atoms with Crippen LogP contribution in [0, 0.1) is 0 Å². The lowest BCUT2D eigenvalue weighted by Crippen LogP contribution is -2.54. The smallest absolute Gasteiger partial charge is 0.0594 e. The molecule has 1 saturated heterocycles. The lowest BCUT2D eigenvalue weighted by Gasteiger charge is -2.41. The second-order valence-electron chi connectivity index (χ2n) is 5.65. The van der Waals surface area contributed by atoms with Crippen LogP contribution in [-0.2, 0) is 11.3 Å². The molecule has 1 N–H and O–H groups in total. The summed E-state index contributed by atoms with van der Waals surface area (Å²) in [6.07, 6.45) is 0. The second kappa shape index (κ2) is 6.71. The zero-order valence-corrected chi connectivity index (χ0v) is 12.5. The summed E-state index contributed by atoms with van der Waals surface area (Å²) in [6.45, 7) is 10.1. The van der Waals surface area contributed by atoms with E-state index in [0.29, 0.717) is 0 Å². The van der Waals surface area contributed by atoms with Crippen molar-refractivity contribution in [3.05, 3.63) is 34.9 Å². The molecular weight excluding hydrogens is 260 g/mol. The summed E-state index contributed by atoms with van der Waals surface area (Å²) in [4.78, 5) is 2.49. The predicted octanol–water partition coefficient (Wildman–Crippen LogP) is 2.54. The van der Waals surface area contributed by atoms with E-state index in [-0.39, 0.29) is 5.54 Å². The van der Waals surface area contributed by atoms with Gasteiger partial charge in [-0.3, -0.25) is 4.90 Å². The number of morpholine rings is 1. The van der Waals surface area contributed by atoms with Crippen molar-refractivity contribution in [2.75, 3.05) is 32.8 Å². The van der Waals surface area contributed by atoms with Crippen LogP contribution < -0.4 is 5.32 Å². The van der Waals surface area contributed by atoms with Gasteiger partial charge in [0.25, 0.3) is 0 Å². The van der Waals surface area contributed by atoms with E-state index in [4.69, 9.17) is 16.3 Å². The van der Waals surface area contributed by atoms with Crippen molar-refractivity contribution in [1.82, 2.24) is 10.2 Å². The Bertz CT molecular complexity index is 403. The molecule has 0 aliphatic carbocycles. The summed E-state index contributed by atoms with van der Waals surface area (Å²) in [5.41, 5.74) is 1.38. The lowest BCUT2D eigenvalue weighted by atomic mass is 10.0. The molecule has 0 saturated carbocycles. The fourth-order valence-electron chi connectivity index (χ4n) is 2.44. The van der Waals surface area contributed by atoms with Crippen LogP contribution in [0.3, 0.4) is 0 Å². The molecule has 1 aliphatic heterocycles. The number of halogens is 1. The molecule has 0 aromatic heterocycles. The Morgan fingerprint density at radius 2 is 2.05 bits per heavy atom. The van der Waals surface area contributed by atoms with E-state index < -0.39 is 0 Å². The molecule has 0 unspecified atom stereocenters. The number of benzene rings is 1. The van der Waals surface area contributed by atoms with Crippen LogP contribution in [0.5, 0.6) is 0 Å². The molecule has 1 aliphatic rings. The SMILES string of the molecule is CC(C)(CNCc1cccc(Cl)c1)N1CCOCC1. The van der Waals surface area contributed by atoms with Crippen LogP contribution in [0.4, 0.5) is 0 Å². The summed E-state index contributed by atoms with van der Waals surface area (Å²) < 4.78 is 5.41. The van der Waals surface area contributed by atoms with E-state index in [1.165, 1.54) is 5.56 Å². The quantitative estimate of drug-likeness (QED) is 0.898. The number of ether oxygens (including phenoxy) is 1. The lowest BCUT2D eigenvalue weighted by molar-refractivity contribution is -0.00966. The topological polar surface area (TPSA) is 24.5 Å². The van der Waals surface area contributed by atoms with Crippen LogP contribution in [0.2, 0.25) is 5.02 Å². The highest BCUT2D eigenvalue weighted by Crippen LogP contribution is 2.16. The van der Waals surface area contributed by atoms with E-state index in [1.54, 1.807) is 0 Å². The first-order chi connectivity index (χ1) is 9.08. The Balaban J connectivity index is 1.80. The van der Waals surface area contributed by atoms with Gasteiger partial charge in [0.15, 0.2) is 0 Å². The van der Waals surface area contributed by atoms with E-state index >= 15 is 0 Å². The Morgan fingerprint density at radius 3 is 2.74 bits per heavy atom. The van der Waals surface area contributed by atoms with E-state index in [1.807, 2.05) is 18.2 Å². The fourth-order valence-corrected chi connectivity index (χ4v) is 2.65. The number of rotatable bonds is 5. The molecule has 1 aromatic carbocycles. The second-order valence-corrected chi connectivity index (χ2v) is 6.08. The van der Waals surface area contributed by atoms with Gasteiger partial charge in [-0.05, 0) is 31.5 Å². The third-order valence-corrected chi connectivity index (χ3v) is 3.88. The molecule has 0 radical (unpaired) electrons. The van der Waals surface area contributed by atoms with Gasteiger partial charge in [-0.15, -0.1) is 0 Å². The predicted molar refractivity (Wildman–Crippen MR) is 79.6 cm³/mol. The van der Waals surface area contributed by atoms with Crippen molar-refractivity contribution in [2.24, 2.45) is 0 Å². The molecule has 4 heteroatoms. The summed E-state index contributed by atoms with van der Waals surface area (Å²) in [5.74, 6) is 0. The summed E-state index contributed by atoms with van der Waals surface area (Å²) in [6, 6.07) is 8.01. The molecule has 2 rings (SSSR count). The zero-order chi connectivity index (χ0) is 13.7. The molecular formula is C15H23ClN2O. The summed E-state index contributed by atoms with van der Waals surface area (Å²) in [7, 11) is 0. The van der Waals surface area contributed by atoms with Gasteiger partial charge in [-0.25, -0.2) is 0 Å². The van der Waals surface area contributed by atoms with Gasteiger partial charge in [-0.1, -0.05) is 23.7 Å². The Labute approximate surface area is 120 Å². The van der Waals surface area contributed by atoms with Crippen molar-refractivity contribution < 1.29 is 4.74 Å². The van der Waals surface area contributed by atoms with Gasteiger partial charge in [0.1, 0.15) is 0 Å². The molecule has 0 bridgehead atoms. The minimum Gasteiger partial charge on any atom is -0.379 e. The highest BCUT2D eigenvalue weighted by Gasteiger charge is 2.27. The highest BCUT2D eigenvalue weighted by atomic mass is 35.5. The molecule has 3 nitrogen and oxygen atoms in total. The number of hydrogen-bond acceptors (Lipinski definition) is 3.